The van der Waals surface area contributed by atoms with Gasteiger partial charge in [-0.25, -0.2) is 0 Å². The Morgan fingerprint density at radius 3 is 1.10 bits per heavy atom. The minimum Gasteiger partial charge on any atom is -0.872 e. The first-order valence-electron chi connectivity index (χ1n) is 22.2. The Bertz CT molecular complexity index is 2390. The van der Waals surface area contributed by atoms with Gasteiger partial charge in [0.15, 0.2) is 0 Å². The van der Waals surface area contributed by atoms with Gasteiger partial charge in [0, 0.05) is 0 Å². The Balaban J connectivity index is 0.000000184. The van der Waals surface area contributed by atoms with Gasteiger partial charge < -0.3 is 10.2 Å². The van der Waals surface area contributed by atoms with Crippen LogP contribution in [0.2, 0.25) is 13.1 Å². The van der Waals surface area contributed by atoms with E-state index < -0.39 is 0 Å². The van der Waals surface area contributed by atoms with Gasteiger partial charge in [-0.15, -0.1) is 80.6 Å². The summed E-state index contributed by atoms with van der Waals surface area (Å²) >= 11 is 1.74. The second-order valence-corrected chi connectivity index (χ2v) is 26.1. The van der Waals surface area contributed by atoms with E-state index in [9.17, 15) is 10.2 Å². The van der Waals surface area contributed by atoms with Gasteiger partial charge in [0.1, 0.15) is 0 Å². The van der Waals surface area contributed by atoms with Gasteiger partial charge >= 0.3 is 41.9 Å². The van der Waals surface area contributed by atoms with E-state index >= 15 is 0 Å². The van der Waals surface area contributed by atoms with Crippen LogP contribution in [0.15, 0.2) is 146 Å². The van der Waals surface area contributed by atoms with Crippen molar-refractivity contribution in [1.29, 1.82) is 0 Å². The smallest absolute Gasteiger partial charge is 0.0398 e. The maximum absolute atomic E-state index is 11.1. The molecule has 0 bridgehead atoms. The summed E-state index contributed by atoms with van der Waals surface area (Å²) in [5.74, 6) is 0.344. The predicted octanol–water partition coefficient (Wildman–Crippen LogP) is 15.3. The molecule has 0 saturated heterocycles. The van der Waals surface area contributed by atoms with E-state index in [4.69, 9.17) is 0 Å². The van der Waals surface area contributed by atoms with Crippen molar-refractivity contribution in [1.82, 2.24) is 0 Å². The first-order chi connectivity index (χ1) is 29.7. The quantitative estimate of drug-likeness (QED) is 0.113. The molecule has 0 fully saturated rings. The van der Waals surface area contributed by atoms with Crippen LogP contribution in [-0.2, 0) is 36.2 Å². The van der Waals surface area contributed by atoms with E-state index in [0.717, 1.165) is 33.4 Å². The van der Waals surface area contributed by atoms with Crippen LogP contribution in [0.5, 0.6) is 11.5 Å². The van der Waals surface area contributed by atoms with Crippen molar-refractivity contribution in [2.45, 2.75) is 107 Å². The summed E-state index contributed by atoms with van der Waals surface area (Å²) in [6.45, 7) is 20.5. The van der Waals surface area contributed by atoms with Crippen LogP contribution in [0.25, 0.3) is 43.8 Å². The second-order valence-electron chi connectivity index (χ2n) is 16.7. The summed E-state index contributed by atoms with van der Waals surface area (Å²) in [5.41, 5.74) is 14.2. The fraction of sp³-hybridized carbons (Fsp3) is 0.276. The monoisotopic (exact) mass is 912 g/mol. The van der Waals surface area contributed by atoms with Gasteiger partial charge in [-0.3, -0.25) is 0 Å². The zero-order valence-corrected chi connectivity index (χ0v) is 42.4. The van der Waals surface area contributed by atoms with Crippen LogP contribution in [0.3, 0.4) is 0 Å². The molecular formula is C58H66O2SiZr-2. The van der Waals surface area contributed by atoms with Gasteiger partial charge in [-0.05, 0) is 65.5 Å². The predicted molar refractivity (Wildman–Crippen MR) is 265 cm³/mol. The number of aryl methyl sites for hydroxylation is 8. The number of fused-ring (bicyclic) bond motifs is 2. The molecule has 0 aliphatic rings. The van der Waals surface area contributed by atoms with E-state index in [1.165, 1.54) is 93.5 Å². The number of unbranched alkanes of at least 4 members (excludes halogenated alkanes) is 2. The third kappa shape index (κ3) is 15.2. The van der Waals surface area contributed by atoms with Gasteiger partial charge in [0.25, 0.3) is 0 Å². The third-order valence-corrected chi connectivity index (χ3v) is 10.6. The molecule has 0 radical (unpaired) electrons. The standard InChI is InChI=1S/2C19H19.2C9H12O.C2H6Si.Zr/c2*1-2-3-8-15-13-17-11-7-12-18(19(17)14-15)16-9-5-4-6-10-16;2*1-6-4-7(2)9(10)8(3)5-6;1-3-2;/h2*4-7,9-14H,2-3,8H2,1H3;2*4-5,10H,1-3H3;1-2H3;/q2*-1;;;;+2/p-2. The summed E-state index contributed by atoms with van der Waals surface area (Å²) in [6.07, 6.45) is 7.45. The average Bonchev–Trinajstić information content (AvgIpc) is 3.88. The fourth-order valence-corrected chi connectivity index (χ4v) is 7.72. The first kappa shape index (κ1) is 49.9. The molecule has 0 atom stereocenters. The first-order valence-corrected chi connectivity index (χ1v) is 28.4. The molecular weight excluding hydrogens is 848 g/mol. The maximum Gasteiger partial charge on any atom is -0.0398 e. The normalized spacial score (nSPS) is 10.4. The van der Waals surface area contributed by atoms with Crippen molar-refractivity contribution < 1.29 is 33.5 Å². The average molecular weight is 914 g/mol. The minimum absolute atomic E-state index is 0.172. The molecule has 0 saturated carbocycles. The number of rotatable bonds is 8. The summed E-state index contributed by atoms with van der Waals surface area (Å²) in [6, 6.07) is 51.6. The fourth-order valence-electron chi connectivity index (χ4n) is 7.72. The van der Waals surface area contributed by atoms with Crippen LogP contribution in [-0.4, -0.2) is 5.43 Å². The zero-order valence-electron chi connectivity index (χ0n) is 38.9. The van der Waals surface area contributed by atoms with E-state index in [1.54, 1.807) is 23.3 Å². The largest absolute Gasteiger partial charge is 0.872 e. The van der Waals surface area contributed by atoms with Crippen LogP contribution in [0, 0.1) is 41.5 Å². The van der Waals surface area contributed by atoms with E-state index in [1.807, 2.05) is 65.8 Å². The SMILES string of the molecule is CCCCc1cc2c(-c3ccccc3)cccc2[cH-]1.CCCCc1cc2c(-c3ccccc3)cccc2[cH-]1.C[Si](C)=[Zr+2].Cc1cc(C)c([O-])c(C)c1.Cc1cc(C)c([O-])c(C)c1. The van der Waals surface area contributed by atoms with Gasteiger partial charge in [-0.1, -0.05) is 181 Å². The number of hydrogen-bond acceptors (Lipinski definition) is 2. The molecule has 0 unspecified atom stereocenters. The van der Waals surface area contributed by atoms with E-state index in [2.05, 4.69) is 148 Å². The molecule has 0 N–H and O–H groups in total. The molecule has 62 heavy (non-hydrogen) atoms. The third-order valence-electron chi connectivity index (χ3n) is 10.6. The molecule has 0 amide bonds. The van der Waals surface area contributed by atoms with Gasteiger partial charge in [0.05, 0.1) is 0 Å². The molecule has 4 heteroatoms. The van der Waals surface area contributed by atoms with Crippen molar-refractivity contribution in [3.05, 3.63) is 190 Å². The number of benzene rings is 6. The maximum atomic E-state index is 11.1. The molecule has 0 aliphatic carbocycles. The Labute approximate surface area is 388 Å². The van der Waals surface area contributed by atoms with Gasteiger partial charge in [-0.2, -0.15) is 12.1 Å². The van der Waals surface area contributed by atoms with Crippen molar-refractivity contribution in [3.63, 3.8) is 0 Å². The molecule has 0 aliphatic heterocycles. The Kier molecular flexibility index (Phi) is 20.4. The number of hydrogen-bond donors (Lipinski definition) is 0. The van der Waals surface area contributed by atoms with Crippen molar-refractivity contribution in [2.24, 2.45) is 0 Å². The molecule has 0 spiro atoms. The topological polar surface area (TPSA) is 46.1 Å². The minimum atomic E-state index is 0.172. The van der Waals surface area contributed by atoms with Crippen molar-refractivity contribution in [3.8, 4) is 33.8 Å². The Hall–Kier alpha value is -4.76. The van der Waals surface area contributed by atoms with Crippen LogP contribution in [0.4, 0.5) is 0 Å². The van der Waals surface area contributed by atoms with Crippen molar-refractivity contribution >= 4 is 27.0 Å². The summed E-state index contributed by atoms with van der Waals surface area (Å²) in [7, 11) is 0. The molecule has 320 valence electrons. The molecule has 8 aromatic rings. The molecule has 2 nitrogen and oxygen atoms in total. The van der Waals surface area contributed by atoms with Gasteiger partial charge in [0.2, 0.25) is 0 Å². The van der Waals surface area contributed by atoms with E-state index in [-0.39, 0.29) is 16.9 Å². The Morgan fingerprint density at radius 1 is 0.468 bits per heavy atom. The molecule has 8 rings (SSSR count). The van der Waals surface area contributed by atoms with Crippen LogP contribution < -0.4 is 10.2 Å². The van der Waals surface area contributed by atoms with Crippen LogP contribution in [0.1, 0.15) is 84.0 Å². The molecule has 0 aromatic heterocycles. The summed E-state index contributed by atoms with van der Waals surface area (Å²) in [5, 5.41) is 27.8. The Morgan fingerprint density at radius 2 is 0.790 bits per heavy atom. The zero-order chi connectivity index (χ0) is 45.2. The second kappa shape index (κ2) is 25.4. The summed E-state index contributed by atoms with van der Waals surface area (Å²) in [4.78, 5) is 0. The summed E-state index contributed by atoms with van der Waals surface area (Å²) < 4.78 is 0. The molecule has 0 heterocycles. The van der Waals surface area contributed by atoms with E-state index in [0.29, 0.717) is 0 Å². The van der Waals surface area contributed by atoms with Crippen LogP contribution >= 0.6 is 0 Å². The van der Waals surface area contributed by atoms with Crippen molar-refractivity contribution in [2.75, 3.05) is 0 Å². The molecule has 8 aromatic carbocycles.